The van der Waals surface area contributed by atoms with E-state index in [2.05, 4.69) is 0 Å². The van der Waals surface area contributed by atoms with E-state index in [1.165, 1.54) is 0 Å². The first-order valence-electron chi connectivity index (χ1n) is 5.31. The van der Waals surface area contributed by atoms with Crippen LogP contribution < -0.4 is 0 Å². The summed E-state index contributed by atoms with van der Waals surface area (Å²) in [5.74, 6) is -3.14. The fourth-order valence-electron chi connectivity index (χ4n) is 2.27. The van der Waals surface area contributed by atoms with Crippen LogP contribution in [-0.2, 0) is 4.79 Å². The Morgan fingerprint density at radius 2 is 2.12 bits per heavy atom. The smallest absolute Gasteiger partial charge is 0.393 e. The number of alkyl halides is 3. The molecule has 0 aliphatic carbocycles. The highest BCUT2D eigenvalue weighted by molar-refractivity contribution is 5.67. The van der Waals surface area contributed by atoms with Gasteiger partial charge in [-0.1, -0.05) is 6.42 Å². The van der Waals surface area contributed by atoms with Crippen molar-refractivity contribution in [2.24, 2.45) is 5.92 Å². The number of rotatable bonds is 3. The van der Waals surface area contributed by atoms with Crippen molar-refractivity contribution in [2.75, 3.05) is 13.6 Å². The van der Waals surface area contributed by atoms with Crippen molar-refractivity contribution in [3.05, 3.63) is 0 Å². The number of piperidine rings is 1. The number of carboxylic acid groups (broad SMARTS) is 1. The molecular weight excluding hydrogens is 223 g/mol. The lowest BCUT2D eigenvalue weighted by Gasteiger charge is -2.38. The Hall–Kier alpha value is -0.780. The zero-order valence-electron chi connectivity index (χ0n) is 9.13. The molecule has 3 nitrogen and oxygen atoms in total. The average Bonchev–Trinajstić information content (AvgIpc) is 2.13. The van der Waals surface area contributed by atoms with Gasteiger partial charge in [-0.15, -0.1) is 0 Å². The molecule has 0 radical (unpaired) electrons. The summed E-state index contributed by atoms with van der Waals surface area (Å²) in [4.78, 5) is 12.1. The summed E-state index contributed by atoms with van der Waals surface area (Å²) in [6.07, 6.45) is -3.23. The Morgan fingerprint density at radius 3 is 2.56 bits per heavy atom. The van der Waals surface area contributed by atoms with Gasteiger partial charge in [0.25, 0.3) is 0 Å². The first-order valence-corrected chi connectivity index (χ1v) is 5.31. The van der Waals surface area contributed by atoms with Crippen LogP contribution in [0.1, 0.15) is 25.7 Å². The topological polar surface area (TPSA) is 40.5 Å². The van der Waals surface area contributed by atoms with E-state index in [-0.39, 0.29) is 0 Å². The van der Waals surface area contributed by atoms with Gasteiger partial charge in [-0.2, -0.15) is 13.2 Å². The van der Waals surface area contributed by atoms with Crippen LogP contribution in [0, 0.1) is 5.92 Å². The highest BCUT2D eigenvalue weighted by atomic mass is 19.4. The number of aliphatic carboxylic acids is 1. The van der Waals surface area contributed by atoms with Crippen molar-refractivity contribution < 1.29 is 23.1 Å². The van der Waals surface area contributed by atoms with Crippen LogP contribution in [0.25, 0.3) is 0 Å². The molecule has 2 unspecified atom stereocenters. The van der Waals surface area contributed by atoms with E-state index in [0.29, 0.717) is 13.0 Å². The lowest BCUT2D eigenvalue weighted by molar-refractivity contribution is -0.199. The van der Waals surface area contributed by atoms with Crippen molar-refractivity contribution in [1.29, 1.82) is 0 Å². The first-order chi connectivity index (χ1) is 7.32. The minimum Gasteiger partial charge on any atom is -0.481 e. The van der Waals surface area contributed by atoms with Crippen LogP contribution in [0.2, 0.25) is 0 Å². The molecule has 1 aliphatic heterocycles. The molecule has 1 saturated heterocycles. The number of nitrogens with zero attached hydrogens (tertiary/aromatic N) is 1. The maximum Gasteiger partial charge on any atom is 0.393 e. The molecule has 1 rings (SSSR count). The number of hydrogen-bond acceptors (Lipinski definition) is 2. The maximum atomic E-state index is 12.7. The van der Waals surface area contributed by atoms with Gasteiger partial charge >= 0.3 is 12.1 Å². The Balaban J connectivity index is 2.78. The molecule has 0 aromatic carbocycles. The van der Waals surface area contributed by atoms with E-state index in [9.17, 15) is 18.0 Å². The van der Waals surface area contributed by atoms with Gasteiger partial charge in [0.1, 0.15) is 0 Å². The van der Waals surface area contributed by atoms with E-state index in [1.54, 1.807) is 11.9 Å². The lowest BCUT2D eigenvalue weighted by Crippen LogP contribution is -2.47. The molecule has 0 saturated carbocycles. The summed E-state index contributed by atoms with van der Waals surface area (Å²) in [6.45, 7) is 0.608. The minimum absolute atomic E-state index is 0.425. The van der Waals surface area contributed by atoms with Crippen LogP contribution in [0.5, 0.6) is 0 Å². The number of hydrogen-bond donors (Lipinski definition) is 1. The van der Waals surface area contributed by atoms with Crippen LogP contribution in [0.15, 0.2) is 0 Å². The Morgan fingerprint density at radius 1 is 1.50 bits per heavy atom. The quantitative estimate of drug-likeness (QED) is 0.820. The molecule has 1 heterocycles. The lowest BCUT2D eigenvalue weighted by atomic mass is 9.88. The van der Waals surface area contributed by atoms with Gasteiger partial charge in [0.2, 0.25) is 0 Å². The van der Waals surface area contributed by atoms with E-state index >= 15 is 0 Å². The second kappa shape index (κ2) is 5.03. The summed E-state index contributed by atoms with van der Waals surface area (Å²) < 4.78 is 38.2. The number of carbonyl (C=O) groups is 1. The van der Waals surface area contributed by atoms with Gasteiger partial charge in [0.15, 0.2) is 0 Å². The summed E-state index contributed by atoms with van der Waals surface area (Å²) in [5.41, 5.74) is 0. The average molecular weight is 239 g/mol. The Bertz CT molecular complexity index is 255. The predicted octanol–water partition coefficient (Wildman–Crippen LogP) is 2.12. The summed E-state index contributed by atoms with van der Waals surface area (Å²) in [7, 11) is 1.63. The molecule has 2 atom stereocenters. The van der Waals surface area contributed by atoms with Gasteiger partial charge in [-0.05, 0) is 26.4 Å². The summed E-state index contributed by atoms with van der Waals surface area (Å²) in [5, 5.41) is 8.55. The van der Waals surface area contributed by atoms with Crippen LogP contribution in [0.3, 0.4) is 0 Å². The van der Waals surface area contributed by atoms with Gasteiger partial charge in [0.05, 0.1) is 12.3 Å². The Kier molecular flexibility index (Phi) is 4.18. The fraction of sp³-hybridized carbons (Fsp3) is 0.900. The second-order valence-electron chi connectivity index (χ2n) is 4.29. The van der Waals surface area contributed by atoms with Crippen molar-refractivity contribution in [3.63, 3.8) is 0 Å². The van der Waals surface area contributed by atoms with Crippen molar-refractivity contribution >= 4 is 5.97 Å². The molecule has 1 fully saturated rings. The zero-order chi connectivity index (χ0) is 12.3. The number of halogens is 3. The molecule has 0 amide bonds. The molecule has 0 aromatic rings. The zero-order valence-corrected chi connectivity index (χ0v) is 9.13. The van der Waals surface area contributed by atoms with E-state index in [0.717, 1.165) is 12.8 Å². The predicted molar refractivity (Wildman–Crippen MR) is 52.1 cm³/mol. The molecule has 16 heavy (non-hydrogen) atoms. The largest absolute Gasteiger partial charge is 0.481 e. The Labute approximate surface area is 92.2 Å². The standard InChI is InChI=1S/C10H16F3NO2/c1-14-5-3-2-4-8(14)7(6-9(15)16)10(11,12)13/h7-8H,2-6H2,1H3,(H,15,16). The maximum absolute atomic E-state index is 12.7. The molecule has 0 spiro atoms. The van der Waals surface area contributed by atoms with E-state index in [4.69, 9.17) is 5.11 Å². The molecule has 6 heteroatoms. The second-order valence-corrected chi connectivity index (χ2v) is 4.29. The van der Waals surface area contributed by atoms with Crippen molar-refractivity contribution in [1.82, 2.24) is 4.90 Å². The molecule has 1 aliphatic rings. The molecule has 94 valence electrons. The highest BCUT2D eigenvalue weighted by Gasteiger charge is 2.47. The van der Waals surface area contributed by atoms with Crippen LogP contribution >= 0.6 is 0 Å². The van der Waals surface area contributed by atoms with Gasteiger partial charge in [0, 0.05) is 6.04 Å². The van der Waals surface area contributed by atoms with Crippen molar-refractivity contribution in [3.8, 4) is 0 Å². The van der Waals surface area contributed by atoms with Gasteiger partial charge < -0.3 is 10.0 Å². The SMILES string of the molecule is CN1CCCCC1C(CC(=O)O)C(F)(F)F. The van der Waals surface area contributed by atoms with Gasteiger partial charge in [-0.25, -0.2) is 0 Å². The third-order valence-electron chi connectivity index (χ3n) is 3.11. The molecular formula is C10H16F3NO2. The third-order valence-corrected chi connectivity index (χ3v) is 3.11. The molecule has 0 bridgehead atoms. The van der Waals surface area contributed by atoms with E-state index in [1.807, 2.05) is 0 Å². The number of carboxylic acids is 1. The molecule has 1 N–H and O–H groups in total. The van der Waals surface area contributed by atoms with E-state index < -0.39 is 30.5 Å². The monoisotopic (exact) mass is 239 g/mol. The van der Waals surface area contributed by atoms with Crippen LogP contribution in [0.4, 0.5) is 13.2 Å². The van der Waals surface area contributed by atoms with Crippen LogP contribution in [-0.4, -0.2) is 41.8 Å². The fourth-order valence-corrected chi connectivity index (χ4v) is 2.27. The third kappa shape index (κ3) is 3.37. The normalized spacial score (nSPS) is 25.4. The minimum atomic E-state index is -4.44. The number of likely N-dealkylation sites (tertiary alicyclic amines) is 1. The highest BCUT2D eigenvalue weighted by Crippen LogP contribution is 2.36. The first kappa shape index (κ1) is 13.3. The van der Waals surface area contributed by atoms with Gasteiger partial charge in [-0.3, -0.25) is 4.79 Å². The molecule has 0 aromatic heterocycles. The van der Waals surface area contributed by atoms with Crippen molar-refractivity contribution in [2.45, 2.75) is 37.9 Å². The summed E-state index contributed by atoms with van der Waals surface area (Å²) in [6, 6.07) is -0.690. The summed E-state index contributed by atoms with van der Waals surface area (Å²) >= 11 is 0.